The van der Waals surface area contributed by atoms with Gasteiger partial charge in [-0.1, -0.05) is 0 Å². The maximum Gasteiger partial charge on any atom is 0.217 e. The molecule has 0 aromatic carbocycles. The van der Waals surface area contributed by atoms with Gasteiger partial charge in [-0.15, -0.1) is 0 Å². The number of aromatic nitrogens is 2. The van der Waals surface area contributed by atoms with Crippen molar-refractivity contribution in [1.29, 1.82) is 0 Å². The van der Waals surface area contributed by atoms with Gasteiger partial charge in [-0.05, 0) is 44.1 Å². The molecule has 2 fully saturated rings. The Balaban J connectivity index is 1.33. The van der Waals surface area contributed by atoms with Gasteiger partial charge in [-0.2, -0.15) is 9.40 Å². The van der Waals surface area contributed by atoms with Gasteiger partial charge in [0.2, 0.25) is 10.0 Å². The number of hydrogen-bond donors (Lipinski definition) is 0. The highest BCUT2D eigenvalue weighted by Gasteiger charge is 2.42. The van der Waals surface area contributed by atoms with E-state index in [-0.39, 0.29) is 11.3 Å². The second-order valence-electron chi connectivity index (χ2n) is 7.38. The van der Waals surface area contributed by atoms with E-state index in [9.17, 15) is 8.42 Å². The number of ether oxygens (including phenoxy) is 2. The molecule has 3 heterocycles. The van der Waals surface area contributed by atoms with Gasteiger partial charge in [-0.25, -0.2) is 8.42 Å². The highest BCUT2D eigenvalue weighted by molar-refractivity contribution is 7.90. The third kappa shape index (κ3) is 3.92. The van der Waals surface area contributed by atoms with E-state index >= 15 is 0 Å². The van der Waals surface area contributed by atoms with Crippen LogP contribution in [0.1, 0.15) is 43.8 Å². The van der Waals surface area contributed by atoms with Gasteiger partial charge in [-0.3, -0.25) is 4.68 Å². The molecule has 25 heavy (non-hydrogen) atoms. The van der Waals surface area contributed by atoms with E-state index in [1.54, 1.807) is 10.5 Å². The van der Waals surface area contributed by atoms with Crippen LogP contribution in [0.25, 0.3) is 0 Å². The number of sulfonamides is 1. The number of fused-ring (bicyclic) bond motifs is 1. The molecule has 0 spiro atoms. The molecule has 1 aromatic heterocycles. The van der Waals surface area contributed by atoms with Crippen LogP contribution in [0.4, 0.5) is 0 Å². The van der Waals surface area contributed by atoms with Crippen molar-refractivity contribution in [2.24, 2.45) is 5.92 Å². The lowest BCUT2D eigenvalue weighted by Gasteiger charge is -2.33. The Morgan fingerprint density at radius 1 is 1.24 bits per heavy atom. The van der Waals surface area contributed by atoms with Crippen molar-refractivity contribution in [2.45, 2.75) is 49.9 Å². The monoisotopic (exact) mass is 369 g/mol. The third-order valence-corrected chi connectivity index (χ3v) is 7.76. The molecule has 0 amide bonds. The summed E-state index contributed by atoms with van der Waals surface area (Å²) in [7, 11) is -3.15. The van der Waals surface area contributed by atoms with Gasteiger partial charge >= 0.3 is 0 Å². The van der Waals surface area contributed by atoms with Gasteiger partial charge in [0, 0.05) is 39.2 Å². The first-order valence-corrected chi connectivity index (χ1v) is 10.8. The van der Waals surface area contributed by atoms with Crippen LogP contribution in [0.5, 0.6) is 0 Å². The van der Waals surface area contributed by atoms with Crippen LogP contribution in [0.3, 0.4) is 0 Å². The van der Waals surface area contributed by atoms with Gasteiger partial charge in [0.1, 0.15) is 0 Å². The molecule has 1 aliphatic carbocycles. The van der Waals surface area contributed by atoms with E-state index in [0.717, 1.165) is 57.6 Å². The molecule has 1 aromatic rings. The average Bonchev–Trinajstić information content (AvgIpc) is 3.38. The molecule has 7 nitrogen and oxygen atoms in total. The molecule has 8 heteroatoms. The third-order valence-electron chi connectivity index (χ3n) is 5.45. The Morgan fingerprint density at radius 3 is 2.80 bits per heavy atom. The molecule has 1 saturated carbocycles. The maximum atomic E-state index is 12.6. The number of hydrogen-bond acceptors (Lipinski definition) is 5. The molecule has 3 aliphatic rings. The van der Waals surface area contributed by atoms with Crippen molar-refractivity contribution in [1.82, 2.24) is 14.1 Å². The maximum absolute atomic E-state index is 12.6. The Morgan fingerprint density at radius 2 is 2.04 bits per heavy atom. The first-order valence-electron chi connectivity index (χ1n) is 9.31. The lowest BCUT2D eigenvalue weighted by molar-refractivity contribution is 0.0167. The summed E-state index contributed by atoms with van der Waals surface area (Å²) in [6, 6.07) is 1.98. The average molecular weight is 369 g/mol. The van der Waals surface area contributed by atoms with E-state index in [1.807, 2.05) is 10.7 Å². The zero-order valence-electron chi connectivity index (χ0n) is 14.5. The van der Waals surface area contributed by atoms with E-state index in [0.29, 0.717) is 25.6 Å². The first-order chi connectivity index (χ1) is 12.1. The van der Waals surface area contributed by atoms with Crippen molar-refractivity contribution in [2.75, 3.05) is 33.0 Å². The minimum atomic E-state index is -3.15. The van der Waals surface area contributed by atoms with E-state index < -0.39 is 10.0 Å². The van der Waals surface area contributed by atoms with Crippen LogP contribution in [0.15, 0.2) is 12.3 Å². The number of rotatable bonds is 7. The van der Waals surface area contributed by atoms with Crippen molar-refractivity contribution < 1.29 is 17.9 Å². The minimum Gasteiger partial charge on any atom is -0.381 e. The van der Waals surface area contributed by atoms with E-state index in [2.05, 4.69) is 5.10 Å². The highest BCUT2D eigenvalue weighted by atomic mass is 32.2. The summed E-state index contributed by atoms with van der Waals surface area (Å²) in [5.74, 6) is 0.590. The fourth-order valence-electron chi connectivity index (χ4n) is 3.72. The fraction of sp³-hybridized carbons (Fsp3) is 0.824. The summed E-state index contributed by atoms with van der Waals surface area (Å²) >= 11 is 0. The summed E-state index contributed by atoms with van der Waals surface area (Å²) in [6.07, 6.45) is 6.29. The van der Waals surface area contributed by atoms with Crippen LogP contribution < -0.4 is 0 Å². The quantitative estimate of drug-likeness (QED) is 0.682. The molecule has 0 unspecified atom stereocenters. The van der Waals surface area contributed by atoms with Crippen molar-refractivity contribution >= 4 is 10.0 Å². The second-order valence-corrected chi connectivity index (χ2v) is 9.59. The molecule has 140 valence electrons. The Hall–Kier alpha value is -0.960. The van der Waals surface area contributed by atoms with Crippen molar-refractivity contribution in [3.8, 4) is 0 Å². The highest BCUT2D eigenvalue weighted by Crippen LogP contribution is 2.34. The van der Waals surface area contributed by atoms with Gasteiger partial charge < -0.3 is 9.47 Å². The van der Waals surface area contributed by atoms with E-state index in [1.165, 1.54) is 0 Å². The molecular weight excluding hydrogens is 342 g/mol. The van der Waals surface area contributed by atoms with Gasteiger partial charge in [0.25, 0.3) is 0 Å². The predicted octanol–water partition coefficient (Wildman–Crippen LogP) is 1.57. The molecule has 0 radical (unpaired) electrons. The molecule has 1 atom stereocenters. The fourth-order valence-corrected chi connectivity index (χ4v) is 5.57. The minimum absolute atomic E-state index is 0.0574. The largest absolute Gasteiger partial charge is 0.381 e. The molecular formula is C17H27N3O4S. The summed E-state index contributed by atoms with van der Waals surface area (Å²) in [6.45, 7) is 4.03. The standard InChI is InChI=1S/C17H27N3O4S/c21-25(22,17-1-2-17)19-11-15-3-7-18-20(15)16(12-19)6-10-24-13-14-4-8-23-9-5-14/h3,7,14,16-17H,1-2,4-6,8-13H2/t16-/m1/s1. The molecule has 0 bridgehead atoms. The summed E-state index contributed by atoms with van der Waals surface area (Å²) in [4.78, 5) is 0. The molecule has 2 aliphatic heterocycles. The first kappa shape index (κ1) is 17.5. The Labute approximate surface area is 149 Å². The van der Waals surface area contributed by atoms with Gasteiger partial charge in [0.15, 0.2) is 0 Å². The summed E-state index contributed by atoms with van der Waals surface area (Å²) in [5, 5.41) is 4.25. The van der Waals surface area contributed by atoms with Crippen LogP contribution in [0, 0.1) is 5.92 Å². The SMILES string of the molecule is O=S(=O)(C1CC1)N1Cc2ccnn2[C@H](CCOCC2CCOCC2)C1. The topological polar surface area (TPSA) is 73.7 Å². The van der Waals surface area contributed by atoms with Crippen LogP contribution in [-0.4, -0.2) is 60.7 Å². The Kier molecular flexibility index (Phi) is 5.13. The lowest BCUT2D eigenvalue weighted by atomic mass is 10.0. The van der Waals surface area contributed by atoms with Gasteiger partial charge in [0.05, 0.1) is 23.5 Å². The normalized spacial score (nSPS) is 25.8. The van der Waals surface area contributed by atoms with Crippen molar-refractivity contribution in [3.63, 3.8) is 0 Å². The van der Waals surface area contributed by atoms with Crippen LogP contribution >= 0.6 is 0 Å². The Bertz CT molecular complexity index is 680. The molecule has 4 rings (SSSR count). The predicted molar refractivity (Wildman–Crippen MR) is 92.6 cm³/mol. The van der Waals surface area contributed by atoms with E-state index in [4.69, 9.17) is 9.47 Å². The zero-order valence-corrected chi connectivity index (χ0v) is 15.4. The summed E-state index contributed by atoms with van der Waals surface area (Å²) < 4.78 is 40.1. The van der Waals surface area contributed by atoms with Crippen LogP contribution in [0.2, 0.25) is 0 Å². The lowest BCUT2D eigenvalue weighted by Crippen LogP contribution is -2.43. The van der Waals surface area contributed by atoms with Crippen LogP contribution in [-0.2, 0) is 26.0 Å². The second kappa shape index (κ2) is 7.34. The smallest absolute Gasteiger partial charge is 0.217 e. The zero-order chi connectivity index (χ0) is 17.3. The summed E-state index contributed by atoms with van der Waals surface area (Å²) in [5.41, 5.74) is 0.977. The molecule has 0 N–H and O–H groups in total. The van der Waals surface area contributed by atoms with Crippen molar-refractivity contribution in [3.05, 3.63) is 18.0 Å². The number of nitrogens with zero attached hydrogens (tertiary/aromatic N) is 3. The molecule has 1 saturated heterocycles.